The molecule has 1 aromatic heterocycles. The number of nitrogens with zero attached hydrogens (tertiary/aromatic N) is 4. The van der Waals surface area contributed by atoms with Crippen molar-refractivity contribution in [1.82, 2.24) is 14.9 Å². The highest BCUT2D eigenvalue weighted by Gasteiger charge is 2.25. The minimum atomic E-state index is 0.232. The summed E-state index contributed by atoms with van der Waals surface area (Å²) in [5, 5.41) is 0. The van der Waals surface area contributed by atoms with Gasteiger partial charge in [0, 0.05) is 38.6 Å². The van der Waals surface area contributed by atoms with E-state index in [-0.39, 0.29) is 6.04 Å². The second-order valence-corrected chi connectivity index (χ2v) is 5.76. The molecule has 2 heterocycles. The third-order valence-corrected chi connectivity index (χ3v) is 3.97. The SMILES string of the molecule is CCCC(C(N)=S)N1CCN(c2ncc(C)cn2)CC1. The Bertz CT molecular complexity index is 439. The molecule has 0 aliphatic carbocycles. The number of hydrogen-bond donors (Lipinski definition) is 1. The minimum absolute atomic E-state index is 0.232. The lowest BCUT2D eigenvalue weighted by molar-refractivity contribution is 0.218. The fraction of sp³-hybridized carbons (Fsp3) is 0.643. The van der Waals surface area contributed by atoms with Crippen molar-refractivity contribution < 1.29 is 0 Å². The van der Waals surface area contributed by atoms with Gasteiger partial charge in [0.25, 0.3) is 0 Å². The molecule has 0 saturated carbocycles. The summed E-state index contributed by atoms with van der Waals surface area (Å²) in [6.07, 6.45) is 5.87. The first kappa shape index (κ1) is 15.1. The van der Waals surface area contributed by atoms with Gasteiger partial charge in [0.2, 0.25) is 5.95 Å². The molecule has 0 aromatic carbocycles. The van der Waals surface area contributed by atoms with Gasteiger partial charge in [-0.25, -0.2) is 9.97 Å². The lowest BCUT2D eigenvalue weighted by Gasteiger charge is -2.38. The van der Waals surface area contributed by atoms with Gasteiger partial charge in [-0.3, -0.25) is 4.90 Å². The van der Waals surface area contributed by atoms with E-state index in [9.17, 15) is 0 Å². The van der Waals surface area contributed by atoms with Crippen LogP contribution in [0, 0.1) is 6.92 Å². The molecule has 1 aliphatic rings. The van der Waals surface area contributed by atoms with Gasteiger partial charge in [-0.15, -0.1) is 0 Å². The van der Waals surface area contributed by atoms with E-state index in [1.54, 1.807) is 0 Å². The normalized spacial score (nSPS) is 18.0. The number of thiocarbonyl (C=S) groups is 1. The summed E-state index contributed by atoms with van der Waals surface area (Å²) in [7, 11) is 0. The topological polar surface area (TPSA) is 58.3 Å². The molecule has 2 N–H and O–H groups in total. The summed E-state index contributed by atoms with van der Waals surface area (Å²) in [6, 6.07) is 0.232. The lowest BCUT2D eigenvalue weighted by atomic mass is 10.1. The Balaban J connectivity index is 1.94. The molecule has 0 bridgehead atoms. The molecule has 0 radical (unpaired) electrons. The molecule has 1 saturated heterocycles. The second kappa shape index (κ2) is 6.95. The van der Waals surface area contributed by atoms with Gasteiger partial charge in [-0.05, 0) is 18.9 Å². The van der Waals surface area contributed by atoms with Crippen molar-refractivity contribution in [2.75, 3.05) is 31.1 Å². The molecule has 1 aromatic rings. The molecule has 1 unspecified atom stereocenters. The predicted molar refractivity (Wildman–Crippen MR) is 86.0 cm³/mol. The fourth-order valence-corrected chi connectivity index (χ4v) is 2.83. The highest BCUT2D eigenvalue weighted by molar-refractivity contribution is 7.80. The number of aromatic nitrogens is 2. The third-order valence-electron chi connectivity index (χ3n) is 3.70. The van der Waals surface area contributed by atoms with E-state index in [4.69, 9.17) is 18.0 Å². The molecule has 1 atom stereocenters. The van der Waals surface area contributed by atoms with E-state index < -0.39 is 0 Å². The van der Waals surface area contributed by atoms with Crippen molar-refractivity contribution in [3.63, 3.8) is 0 Å². The van der Waals surface area contributed by atoms with Crippen LogP contribution in [0.4, 0.5) is 5.95 Å². The highest BCUT2D eigenvalue weighted by Crippen LogP contribution is 2.15. The Hall–Kier alpha value is -1.27. The van der Waals surface area contributed by atoms with Crippen LogP contribution in [0.15, 0.2) is 12.4 Å². The summed E-state index contributed by atoms with van der Waals surface area (Å²) in [5.74, 6) is 0.817. The average molecular weight is 293 g/mol. The number of anilines is 1. The van der Waals surface area contributed by atoms with E-state index in [1.165, 1.54) is 0 Å². The molecule has 0 amide bonds. The average Bonchev–Trinajstić information content (AvgIpc) is 2.45. The van der Waals surface area contributed by atoms with Crippen LogP contribution in [-0.4, -0.2) is 52.1 Å². The Morgan fingerprint density at radius 1 is 1.30 bits per heavy atom. The maximum Gasteiger partial charge on any atom is 0.225 e. The van der Waals surface area contributed by atoms with Crippen LogP contribution in [0.1, 0.15) is 25.3 Å². The Morgan fingerprint density at radius 2 is 1.90 bits per heavy atom. The first-order valence-electron chi connectivity index (χ1n) is 7.18. The zero-order chi connectivity index (χ0) is 14.5. The number of nitrogens with two attached hydrogens (primary N) is 1. The number of aryl methyl sites for hydroxylation is 1. The molecule has 5 nitrogen and oxygen atoms in total. The Morgan fingerprint density at radius 3 is 2.40 bits per heavy atom. The maximum absolute atomic E-state index is 5.87. The lowest BCUT2D eigenvalue weighted by Crippen LogP contribution is -2.54. The Kier molecular flexibility index (Phi) is 5.25. The van der Waals surface area contributed by atoms with Crippen LogP contribution in [-0.2, 0) is 0 Å². The molecule has 6 heteroatoms. The van der Waals surface area contributed by atoms with Crippen molar-refractivity contribution >= 4 is 23.2 Å². The van der Waals surface area contributed by atoms with Crippen molar-refractivity contribution in [3.05, 3.63) is 18.0 Å². The van der Waals surface area contributed by atoms with Crippen LogP contribution in [0.3, 0.4) is 0 Å². The molecule has 0 spiro atoms. The van der Waals surface area contributed by atoms with Gasteiger partial charge in [-0.1, -0.05) is 25.6 Å². The quantitative estimate of drug-likeness (QED) is 0.827. The number of hydrogen-bond acceptors (Lipinski definition) is 5. The van der Waals surface area contributed by atoms with Crippen LogP contribution < -0.4 is 10.6 Å². The van der Waals surface area contributed by atoms with Crippen molar-refractivity contribution in [1.29, 1.82) is 0 Å². The largest absolute Gasteiger partial charge is 0.392 e. The summed E-state index contributed by atoms with van der Waals surface area (Å²) in [6.45, 7) is 7.93. The molecule has 20 heavy (non-hydrogen) atoms. The monoisotopic (exact) mass is 293 g/mol. The predicted octanol–water partition coefficient (Wildman–Crippen LogP) is 1.36. The maximum atomic E-state index is 5.87. The van der Waals surface area contributed by atoms with Crippen LogP contribution in [0.25, 0.3) is 0 Å². The Labute approximate surface area is 126 Å². The van der Waals surface area contributed by atoms with Gasteiger partial charge in [0.05, 0.1) is 11.0 Å². The minimum Gasteiger partial charge on any atom is -0.392 e. The smallest absolute Gasteiger partial charge is 0.225 e. The molecular weight excluding hydrogens is 270 g/mol. The van der Waals surface area contributed by atoms with Crippen molar-refractivity contribution in [2.45, 2.75) is 32.7 Å². The zero-order valence-corrected chi connectivity index (χ0v) is 13.1. The van der Waals surface area contributed by atoms with E-state index in [1.807, 2.05) is 19.3 Å². The zero-order valence-electron chi connectivity index (χ0n) is 12.2. The first-order chi connectivity index (χ1) is 9.61. The van der Waals surface area contributed by atoms with Crippen LogP contribution in [0.5, 0.6) is 0 Å². The summed E-state index contributed by atoms with van der Waals surface area (Å²) >= 11 is 5.20. The molecule has 110 valence electrons. The van der Waals surface area contributed by atoms with Crippen molar-refractivity contribution in [3.8, 4) is 0 Å². The van der Waals surface area contributed by atoms with Gasteiger partial charge in [-0.2, -0.15) is 0 Å². The van der Waals surface area contributed by atoms with Gasteiger partial charge >= 0.3 is 0 Å². The second-order valence-electron chi connectivity index (χ2n) is 5.29. The van der Waals surface area contributed by atoms with Crippen molar-refractivity contribution in [2.24, 2.45) is 5.73 Å². The van der Waals surface area contributed by atoms with Gasteiger partial charge in [0.1, 0.15) is 0 Å². The highest BCUT2D eigenvalue weighted by atomic mass is 32.1. The van der Waals surface area contributed by atoms with Crippen LogP contribution in [0.2, 0.25) is 0 Å². The molecule has 1 aliphatic heterocycles. The molecule has 1 fully saturated rings. The third kappa shape index (κ3) is 3.64. The number of piperazine rings is 1. The van der Waals surface area contributed by atoms with E-state index in [0.29, 0.717) is 4.99 Å². The molecular formula is C14H23N5S. The van der Waals surface area contributed by atoms with Crippen LogP contribution >= 0.6 is 12.2 Å². The van der Waals surface area contributed by atoms with Gasteiger partial charge in [0.15, 0.2) is 0 Å². The van der Waals surface area contributed by atoms with E-state index in [0.717, 1.165) is 50.5 Å². The summed E-state index contributed by atoms with van der Waals surface area (Å²) in [4.78, 5) is 14.0. The first-order valence-corrected chi connectivity index (χ1v) is 7.59. The summed E-state index contributed by atoms with van der Waals surface area (Å²) in [5.41, 5.74) is 6.95. The van der Waals surface area contributed by atoms with E-state index >= 15 is 0 Å². The fourth-order valence-electron chi connectivity index (χ4n) is 2.56. The standard InChI is InChI=1S/C14H23N5S/c1-3-4-12(13(15)20)18-5-7-19(8-6-18)14-16-9-11(2)10-17-14/h9-10,12H,3-8H2,1-2H3,(H2,15,20). The molecule has 2 rings (SSSR count). The summed E-state index contributed by atoms with van der Waals surface area (Å²) < 4.78 is 0. The van der Waals surface area contributed by atoms with Gasteiger partial charge < -0.3 is 10.6 Å². The van der Waals surface area contributed by atoms with E-state index in [2.05, 4.69) is 26.7 Å². The number of rotatable bonds is 5.